The Bertz CT molecular complexity index is 1160. The number of carbonyl (C=O) groups is 1. The van der Waals surface area contributed by atoms with Crippen LogP contribution in [0.15, 0.2) is 71.9 Å². The molecule has 0 saturated heterocycles. The van der Waals surface area contributed by atoms with Gasteiger partial charge < -0.3 is 0 Å². The zero-order chi connectivity index (χ0) is 18.4. The lowest BCUT2D eigenvalue weighted by Crippen LogP contribution is -2.20. The largest absolute Gasteiger partial charge is 0.272 e. The molecule has 0 fully saturated rings. The molecule has 4 nitrogen and oxygen atoms in total. The second-order valence-electron chi connectivity index (χ2n) is 6.41. The maximum absolute atomic E-state index is 12.7. The lowest BCUT2D eigenvalue weighted by molar-refractivity contribution is 0.0868. The van der Waals surface area contributed by atoms with Crippen LogP contribution in [0.5, 0.6) is 0 Å². The van der Waals surface area contributed by atoms with E-state index in [1.807, 2.05) is 48.5 Å². The van der Waals surface area contributed by atoms with Crippen LogP contribution < -0.4 is 0 Å². The summed E-state index contributed by atoms with van der Waals surface area (Å²) in [6.07, 6.45) is 0.387. The third-order valence-electron chi connectivity index (χ3n) is 4.69. The van der Waals surface area contributed by atoms with E-state index in [1.165, 1.54) is 4.68 Å². The fourth-order valence-corrected chi connectivity index (χ4v) is 4.63. The Labute approximate surface area is 165 Å². The molecule has 0 bridgehead atoms. The maximum Gasteiger partial charge on any atom is 0.250 e. The molecule has 1 atom stereocenters. The first-order valence-electron chi connectivity index (χ1n) is 8.59. The molecule has 6 heteroatoms. The zero-order valence-corrected chi connectivity index (χ0v) is 15.7. The number of rotatable bonds is 2. The van der Waals surface area contributed by atoms with E-state index >= 15 is 0 Å². The van der Waals surface area contributed by atoms with E-state index in [4.69, 9.17) is 11.6 Å². The van der Waals surface area contributed by atoms with E-state index in [2.05, 4.69) is 28.3 Å². The molecule has 0 unspecified atom stereocenters. The van der Waals surface area contributed by atoms with Gasteiger partial charge in [0.15, 0.2) is 11.0 Å². The lowest BCUT2D eigenvalue weighted by Gasteiger charge is -2.20. The van der Waals surface area contributed by atoms with Crippen molar-refractivity contribution in [2.24, 2.45) is 0 Å². The van der Waals surface area contributed by atoms with Gasteiger partial charge in [-0.05, 0) is 28.5 Å². The molecule has 0 N–H and O–H groups in total. The molecule has 2 heterocycles. The minimum absolute atomic E-state index is 0.0202. The standard InChI is InChI=1S/C21H14ClN3OS/c22-15-10-8-14(9-11-15)18-12-19(26)25-21(27-18)23-20(24-25)17-7-3-5-13-4-1-2-6-16(13)17/h1-11,18H,12H2/t18-/m0/s1. The predicted molar refractivity (Wildman–Crippen MR) is 108 cm³/mol. The molecule has 5 rings (SSSR count). The summed E-state index contributed by atoms with van der Waals surface area (Å²) in [5, 5.41) is 8.05. The SMILES string of the molecule is O=C1C[C@@H](c2ccc(Cl)cc2)Sc2nc(-c3cccc4ccccc34)nn21. The van der Waals surface area contributed by atoms with E-state index < -0.39 is 0 Å². The van der Waals surface area contributed by atoms with Gasteiger partial charge in [0.05, 0.1) is 0 Å². The summed E-state index contributed by atoms with van der Waals surface area (Å²) in [4.78, 5) is 17.3. The molecule has 4 aromatic rings. The van der Waals surface area contributed by atoms with Gasteiger partial charge in [0.25, 0.3) is 5.91 Å². The number of fused-ring (bicyclic) bond motifs is 2. The van der Waals surface area contributed by atoms with Gasteiger partial charge in [-0.1, -0.05) is 78.0 Å². The van der Waals surface area contributed by atoms with Gasteiger partial charge in [-0.25, -0.2) is 4.98 Å². The molecule has 3 aromatic carbocycles. The molecular weight excluding hydrogens is 378 g/mol. The number of thioether (sulfide) groups is 1. The van der Waals surface area contributed by atoms with Crippen LogP contribution in [-0.4, -0.2) is 20.7 Å². The van der Waals surface area contributed by atoms with E-state index in [0.29, 0.717) is 22.4 Å². The van der Waals surface area contributed by atoms with Gasteiger partial charge in [-0.15, -0.1) is 5.10 Å². The van der Waals surface area contributed by atoms with Crippen molar-refractivity contribution in [3.63, 3.8) is 0 Å². The van der Waals surface area contributed by atoms with Gasteiger partial charge in [-0.2, -0.15) is 4.68 Å². The molecule has 1 aliphatic rings. The van der Waals surface area contributed by atoms with E-state index in [9.17, 15) is 4.79 Å². The van der Waals surface area contributed by atoms with Gasteiger partial charge in [0, 0.05) is 22.3 Å². The Morgan fingerprint density at radius 1 is 1.00 bits per heavy atom. The Hall–Kier alpha value is -2.63. The highest BCUT2D eigenvalue weighted by Gasteiger charge is 2.30. The molecule has 0 amide bonds. The monoisotopic (exact) mass is 391 g/mol. The van der Waals surface area contributed by atoms with Crippen molar-refractivity contribution < 1.29 is 4.79 Å². The molecule has 1 aromatic heterocycles. The van der Waals surface area contributed by atoms with Crippen LogP contribution in [0.1, 0.15) is 22.0 Å². The first kappa shape index (κ1) is 16.5. The van der Waals surface area contributed by atoms with E-state index in [-0.39, 0.29) is 11.2 Å². The Morgan fingerprint density at radius 3 is 2.63 bits per heavy atom. The van der Waals surface area contributed by atoms with Gasteiger partial charge in [-0.3, -0.25) is 4.79 Å². The number of benzene rings is 3. The van der Waals surface area contributed by atoms with Gasteiger partial charge in [0.1, 0.15) is 0 Å². The number of hydrogen-bond donors (Lipinski definition) is 0. The number of aromatic nitrogens is 3. The highest BCUT2D eigenvalue weighted by atomic mass is 35.5. The maximum atomic E-state index is 12.7. The number of nitrogens with zero attached hydrogens (tertiary/aromatic N) is 3. The van der Waals surface area contributed by atoms with Crippen LogP contribution in [0.3, 0.4) is 0 Å². The molecule has 0 saturated carbocycles. The summed E-state index contributed by atoms with van der Waals surface area (Å²) in [6, 6.07) is 21.8. The second-order valence-corrected chi connectivity index (χ2v) is 8.02. The Kier molecular flexibility index (Phi) is 3.99. The topological polar surface area (TPSA) is 47.8 Å². The summed E-state index contributed by atoms with van der Waals surface area (Å²) in [6.45, 7) is 0. The number of hydrogen-bond acceptors (Lipinski definition) is 4. The Balaban J connectivity index is 1.56. The van der Waals surface area contributed by atoms with Crippen molar-refractivity contribution in [1.82, 2.24) is 14.8 Å². The van der Waals surface area contributed by atoms with Crippen molar-refractivity contribution in [1.29, 1.82) is 0 Å². The molecule has 27 heavy (non-hydrogen) atoms. The smallest absolute Gasteiger partial charge is 0.250 e. The first-order valence-corrected chi connectivity index (χ1v) is 9.85. The lowest BCUT2D eigenvalue weighted by atomic mass is 10.0. The average Bonchev–Trinajstić information content (AvgIpc) is 3.13. The normalized spacial score (nSPS) is 16.5. The predicted octanol–water partition coefficient (Wildman–Crippen LogP) is 5.63. The van der Waals surface area contributed by atoms with Crippen LogP contribution in [0.25, 0.3) is 22.2 Å². The summed E-state index contributed by atoms with van der Waals surface area (Å²) < 4.78 is 1.44. The van der Waals surface area contributed by atoms with Crippen LogP contribution in [0, 0.1) is 0 Å². The first-order chi connectivity index (χ1) is 13.2. The summed E-state index contributed by atoms with van der Waals surface area (Å²) in [5.41, 5.74) is 2.00. The summed E-state index contributed by atoms with van der Waals surface area (Å²) in [7, 11) is 0. The van der Waals surface area contributed by atoms with Crippen molar-refractivity contribution in [2.45, 2.75) is 16.8 Å². The van der Waals surface area contributed by atoms with Crippen molar-refractivity contribution >= 4 is 40.0 Å². The summed E-state index contributed by atoms with van der Waals surface area (Å²) >= 11 is 7.55. The quantitative estimate of drug-likeness (QED) is 0.444. The third-order valence-corrected chi connectivity index (χ3v) is 6.14. The van der Waals surface area contributed by atoms with Crippen LogP contribution in [0.4, 0.5) is 0 Å². The highest BCUT2D eigenvalue weighted by molar-refractivity contribution is 7.99. The molecule has 132 valence electrons. The molecule has 1 aliphatic heterocycles. The van der Waals surface area contributed by atoms with Crippen LogP contribution in [-0.2, 0) is 0 Å². The van der Waals surface area contributed by atoms with E-state index in [1.54, 1.807) is 11.8 Å². The van der Waals surface area contributed by atoms with Gasteiger partial charge in [0.2, 0.25) is 0 Å². The average molecular weight is 392 g/mol. The summed E-state index contributed by atoms with van der Waals surface area (Å²) in [5.74, 6) is 0.544. The molecule has 0 spiro atoms. The minimum Gasteiger partial charge on any atom is -0.272 e. The molecule has 0 aliphatic carbocycles. The van der Waals surface area contributed by atoms with Crippen molar-refractivity contribution in [3.8, 4) is 11.4 Å². The van der Waals surface area contributed by atoms with Gasteiger partial charge >= 0.3 is 0 Å². The van der Waals surface area contributed by atoms with Crippen LogP contribution >= 0.6 is 23.4 Å². The molecule has 0 radical (unpaired) electrons. The second kappa shape index (κ2) is 6.51. The third kappa shape index (κ3) is 2.93. The number of carbonyl (C=O) groups excluding carboxylic acids is 1. The van der Waals surface area contributed by atoms with E-state index in [0.717, 1.165) is 21.9 Å². The minimum atomic E-state index is -0.0392. The zero-order valence-electron chi connectivity index (χ0n) is 14.2. The number of halogens is 1. The fourth-order valence-electron chi connectivity index (χ4n) is 3.35. The highest BCUT2D eigenvalue weighted by Crippen LogP contribution is 2.42. The molecular formula is C21H14ClN3OS. The van der Waals surface area contributed by atoms with Crippen molar-refractivity contribution in [2.75, 3.05) is 0 Å². The Morgan fingerprint density at radius 2 is 1.78 bits per heavy atom. The fraction of sp³-hybridized carbons (Fsp3) is 0.0952. The van der Waals surface area contributed by atoms with Crippen molar-refractivity contribution in [3.05, 3.63) is 77.3 Å². The van der Waals surface area contributed by atoms with Crippen LogP contribution in [0.2, 0.25) is 5.02 Å².